The van der Waals surface area contributed by atoms with Crippen molar-refractivity contribution in [1.82, 2.24) is 0 Å². The Morgan fingerprint density at radius 2 is 2.19 bits per heavy atom. The molecule has 2 rings (SSSR count). The Morgan fingerprint density at radius 1 is 1.38 bits per heavy atom. The van der Waals surface area contributed by atoms with Gasteiger partial charge in [-0.05, 0) is 38.3 Å². The number of benzene rings is 1. The molecule has 0 aromatic heterocycles. The lowest BCUT2D eigenvalue weighted by molar-refractivity contribution is 0.287. The van der Waals surface area contributed by atoms with Gasteiger partial charge in [-0.25, -0.2) is 0 Å². The minimum atomic E-state index is -0.461. The highest BCUT2D eigenvalue weighted by Crippen LogP contribution is 2.28. The lowest BCUT2D eigenvalue weighted by atomic mass is 10.0. The van der Waals surface area contributed by atoms with Crippen LogP contribution in [0, 0.1) is 11.8 Å². The van der Waals surface area contributed by atoms with E-state index < -0.39 is 5.54 Å². The quantitative estimate of drug-likeness (QED) is 0.673. The van der Waals surface area contributed by atoms with Gasteiger partial charge >= 0.3 is 0 Å². The number of hydrogen-bond acceptors (Lipinski definition) is 2. The smallest absolute Gasteiger partial charge is 0.138 e. The highest BCUT2D eigenvalue weighted by molar-refractivity contribution is 5.52. The van der Waals surface area contributed by atoms with E-state index in [4.69, 9.17) is 10.5 Å². The molecule has 1 aromatic carbocycles. The average Bonchev–Trinajstić information content (AvgIpc) is 2.25. The Morgan fingerprint density at radius 3 is 2.94 bits per heavy atom. The fraction of sp³-hybridized carbons (Fsp3) is 0.429. The summed E-state index contributed by atoms with van der Waals surface area (Å²) in [6.07, 6.45) is 2.17. The van der Waals surface area contributed by atoms with Gasteiger partial charge in [-0.2, -0.15) is 0 Å². The molecule has 0 radical (unpaired) electrons. The Labute approximate surface area is 96.8 Å². The minimum Gasteiger partial charge on any atom is -0.492 e. The molecule has 0 fully saturated rings. The molecule has 84 valence electrons. The second kappa shape index (κ2) is 4.19. The number of rotatable bonds is 0. The van der Waals surface area contributed by atoms with Crippen LogP contribution >= 0.6 is 0 Å². The topological polar surface area (TPSA) is 35.2 Å². The number of para-hydroxylation sites is 1. The molecule has 0 atom stereocenters. The van der Waals surface area contributed by atoms with Crippen LogP contribution in [-0.2, 0) is 6.42 Å². The first kappa shape index (κ1) is 11.0. The summed E-state index contributed by atoms with van der Waals surface area (Å²) in [5, 5.41) is 0. The molecule has 2 heteroatoms. The van der Waals surface area contributed by atoms with E-state index in [1.165, 1.54) is 5.56 Å². The highest BCUT2D eigenvalue weighted by atomic mass is 16.5. The number of fused-ring (bicyclic) bond motifs is 1. The van der Waals surface area contributed by atoms with Crippen molar-refractivity contribution in [2.75, 3.05) is 6.61 Å². The third-order valence-corrected chi connectivity index (χ3v) is 2.45. The van der Waals surface area contributed by atoms with Crippen LogP contribution in [0.1, 0.15) is 31.4 Å². The maximum Gasteiger partial charge on any atom is 0.138 e. The van der Waals surface area contributed by atoms with Gasteiger partial charge in [-0.15, -0.1) is 0 Å². The molecule has 1 aliphatic rings. The largest absolute Gasteiger partial charge is 0.492 e. The fourth-order valence-electron chi connectivity index (χ4n) is 1.72. The van der Waals surface area contributed by atoms with E-state index in [-0.39, 0.29) is 0 Å². The highest BCUT2D eigenvalue weighted by Gasteiger charge is 2.13. The number of hydrogen-bond donors (Lipinski definition) is 1. The molecule has 1 heterocycles. The van der Waals surface area contributed by atoms with Gasteiger partial charge in [-0.3, -0.25) is 0 Å². The van der Waals surface area contributed by atoms with Gasteiger partial charge in [0.15, 0.2) is 0 Å². The van der Waals surface area contributed by atoms with Crippen LogP contribution in [-0.4, -0.2) is 12.1 Å². The maximum absolute atomic E-state index is 5.84. The molecule has 2 N–H and O–H groups in total. The number of nitrogens with two attached hydrogens (primary N) is 1. The predicted molar refractivity (Wildman–Crippen MR) is 65.4 cm³/mol. The van der Waals surface area contributed by atoms with E-state index in [1.54, 1.807) is 0 Å². The fourth-order valence-corrected chi connectivity index (χ4v) is 1.72. The summed E-state index contributed by atoms with van der Waals surface area (Å²) in [5.41, 5.74) is 7.60. The molecular weight excluding hydrogens is 198 g/mol. The second-order valence-electron chi connectivity index (χ2n) is 4.72. The van der Waals surface area contributed by atoms with E-state index >= 15 is 0 Å². The van der Waals surface area contributed by atoms with Crippen LogP contribution in [0.2, 0.25) is 0 Å². The van der Waals surface area contributed by atoms with E-state index in [1.807, 2.05) is 26.0 Å². The Kier molecular flexibility index (Phi) is 2.89. The van der Waals surface area contributed by atoms with Crippen LogP contribution < -0.4 is 10.5 Å². The van der Waals surface area contributed by atoms with Crippen molar-refractivity contribution in [3.63, 3.8) is 0 Å². The van der Waals surface area contributed by atoms with Gasteiger partial charge in [0.05, 0.1) is 17.7 Å². The van der Waals surface area contributed by atoms with Crippen LogP contribution in [0.15, 0.2) is 18.2 Å². The summed E-state index contributed by atoms with van der Waals surface area (Å²) < 4.78 is 5.68. The molecule has 0 saturated heterocycles. The van der Waals surface area contributed by atoms with Crippen molar-refractivity contribution >= 4 is 0 Å². The van der Waals surface area contributed by atoms with Gasteiger partial charge in [-0.1, -0.05) is 24.0 Å². The summed E-state index contributed by atoms with van der Waals surface area (Å²) >= 11 is 0. The normalized spacial score (nSPS) is 14.4. The van der Waals surface area contributed by atoms with Gasteiger partial charge in [0.25, 0.3) is 0 Å². The molecule has 0 aliphatic carbocycles. The Bertz CT molecular complexity index is 446. The van der Waals surface area contributed by atoms with E-state index in [0.29, 0.717) is 0 Å². The molecule has 2 nitrogen and oxygen atoms in total. The Balaban J connectivity index is 2.37. The van der Waals surface area contributed by atoms with Gasteiger partial charge < -0.3 is 10.5 Å². The maximum atomic E-state index is 5.84. The standard InChI is InChI=1S/C14H17NO/c1-14(2,15)9-8-12-6-3-5-11-7-4-10-16-13(11)12/h3,5-6H,4,7,10,15H2,1-2H3. The summed E-state index contributed by atoms with van der Waals surface area (Å²) in [5.74, 6) is 7.10. The van der Waals surface area contributed by atoms with Gasteiger partial charge in [0, 0.05) is 0 Å². The molecule has 16 heavy (non-hydrogen) atoms. The lowest BCUT2D eigenvalue weighted by Crippen LogP contribution is -2.29. The molecular formula is C14H17NO. The van der Waals surface area contributed by atoms with Crippen LogP contribution in [0.3, 0.4) is 0 Å². The predicted octanol–water partition coefficient (Wildman–Crippen LogP) is 2.10. The van der Waals surface area contributed by atoms with E-state index in [2.05, 4.69) is 17.9 Å². The average molecular weight is 215 g/mol. The van der Waals surface area contributed by atoms with Crippen LogP contribution in [0.5, 0.6) is 5.75 Å². The number of aryl methyl sites for hydroxylation is 1. The molecule has 0 unspecified atom stereocenters. The molecule has 1 aliphatic heterocycles. The zero-order valence-corrected chi connectivity index (χ0v) is 9.84. The van der Waals surface area contributed by atoms with Gasteiger partial charge in [0.1, 0.15) is 5.75 Å². The summed E-state index contributed by atoms with van der Waals surface area (Å²) in [6, 6.07) is 6.12. The van der Waals surface area contributed by atoms with Crippen molar-refractivity contribution < 1.29 is 4.74 Å². The second-order valence-corrected chi connectivity index (χ2v) is 4.72. The van der Waals surface area contributed by atoms with Crippen molar-refractivity contribution in [3.05, 3.63) is 29.3 Å². The third-order valence-electron chi connectivity index (χ3n) is 2.45. The zero-order valence-electron chi connectivity index (χ0n) is 9.84. The zero-order chi connectivity index (χ0) is 11.6. The summed E-state index contributed by atoms with van der Waals surface area (Å²) in [4.78, 5) is 0. The molecule has 0 spiro atoms. The van der Waals surface area contributed by atoms with Crippen LogP contribution in [0.4, 0.5) is 0 Å². The van der Waals surface area contributed by atoms with Crippen molar-refractivity contribution in [3.8, 4) is 17.6 Å². The van der Waals surface area contributed by atoms with Gasteiger partial charge in [0.2, 0.25) is 0 Å². The Hall–Kier alpha value is -1.46. The lowest BCUT2D eigenvalue weighted by Gasteiger charge is -2.18. The first-order valence-electron chi connectivity index (χ1n) is 5.63. The molecule has 0 saturated carbocycles. The van der Waals surface area contributed by atoms with E-state index in [0.717, 1.165) is 30.8 Å². The van der Waals surface area contributed by atoms with Crippen molar-refractivity contribution in [1.29, 1.82) is 0 Å². The summed E-state index contributed by atoms with van der Waals surface area (Å²) in [7, 11) is 0. The first-order valence-corrected chi connectivity index (χ1v) is 5.63. The first-order chi connectivity index (χ1) is 7.56. The third kappa shape index (κ3) is 2.56. The SMILES string of the molecule is CC(C)(N)C#Cc1cccc2c1OCCC2. The van der Waals surface area contributed by atoms with Crippen LogP contribution in [0.25, 0.3) is 0 Å². The minimum absolute atomic E-state index is 0.461. The molecule has 1 aromatic rings. The van der Waals surface area contributed by atoms with Crippen molar-refractivity contribution in [2.45, 2.75) is 32.2 Å². The monoisotopic (exact) mass is 215 g/mol. The summed E-state index contributed by atoms with van der Waals surface area (Å²) in [6.45, 7) is 4.59. The number of ether oxygens (including phenoxy) is 1. The van der Waals surface area contributed by atoms with E-state index in [9.17, 15) is 0 Å². The molecule has 0 amide bonds. The molecule has 0 bridgehead atoms. The van der Waals surface area contributed by atoms with Crippen molar-refractivity contribution in [2.24, 2.45) is 5.73 Å².